The third-order valence-electron chi connectivity index (χ3n) is 3.58. The lowest BCUT2D eigenvalue weighted by molar-refractivity contribution is -0.116. The second kappa shape index (κ2) is 7.04. The Kier molecular flexibility index (Phi) is 4.64. The third kappa shape index (κ3) is 4.56. The van der Waals surface area contributed by atoms with E-state index in [-0.39, 0.29) is 12.1 Å². The molecule has 2 aromatic rings. The van der Waals surface area contributed by atoms with Gasteiger partial charge in [-0.05, 0) is 37.1 Å². The highest BCUT2D eigenvalue weighted by atomic mass is 16.1. The minimum atomic E-state index is -0.570. The Bertz CT molecular complexity index is 788. The molecule has 9 nitrogen and oxygen atoms in total. The number of aromatic nitrogens is 2. The van der Waals surface area contributed by atoms with Gasteiger partial charge in [0.15, 0.2) is 0 Å². The molecular formula is C16H19N7O2. The highest BCUT2D eigenvalue weighted by Crippen LogP contribution is 2.26. The van der Waals surface area contributed by atoms with E-state index in [1.54, 1.807) is 12.1 Å². The first-order chi connectivity index (χ1) is 12.0. The van der Waals surface area contributed by atoms with E-state index < -0.39 is 11.8 Å². The lowest BCUT2D eigenvalue weighted by Crippen LogP contribution is -2.21. The summed E-state index contributed by atoms with van der Waals surface area (Å²) >= 11 is 0. The van der Waals surface area contributed by atoms with Crippen molar-refractivity contribution in [3.05, 3.63) is 36.0 Å². The molecule has 0 bridgehead atoms. The Hall–Kier alpha value is -3.36. The van der Waals surface area contributed by atoms with Gasteiger partial charge in [0.1, 0.15) is 5.82 Å². The summed E-state index contributed by atoms with van der Waals surface area (Å²) in [6, 6.07) is 7.54. The summed E-state index contributed by atoms with van der Waals surface area (Å²) in [6.07, 6.45) is 3.50. The average molecular weight is 341 g/mol. The quantitative estimate of drug-likeness (QED) is 0.476. The number of anilines is 4. The predicted octanol–water partition coefficient (Wildman–Crippen LogP) is 0.791. The third-order valence-corrected chi connectivity index (χ3v) is 3.58. The lowest BCUT2D eigenvalue weighted by atomic mass is 10.2. The number of primary amides is 2. The molecule has 0 spiro atoms. The van der Waals surface area contributed by atoms with Crippen LogP contribution in [0.15, 0.2) is 30.5 Å². The summed E-state index contributed by atoms with van der Waals surface area (Å²) < 4.78 is 0. The van der Waals surface area contributed by atoms with Crippen LogP contribution < -0.4 is 27.4 Å². The van der Waals surface area contributed by atoms with Gasteiger partial charge in [0.25, 0.3) is 5.91 Å². The Morgan fingerprint density at radius 2 is 1.80 bits per heavy atom. The first-order valence-corrected chi connectivity index (χ1v) is 7.84. The molecule has 130 valence electrons. The Morgan fingerprint density at radius 3 is 2.40 bits per heavy atom. The number of carbonyl (C=O) groups excluding carboxylic acids is 2. The standard InChI is InChI=1S/C16H19N7O2/c17-13(24)8-19-9-1-3-11(4-2-9)22-16-20-7-12(14(18)25)15(23-16)21-10-5-6-10/h1-4,7,10,19H,5-6,8H2,(H2,17,24)(H2,18,25)(H2,20,21,22,23). The number of hydrogen-bond acceptors (Lipinski definition) is 7. The van der Waals surface area contributed by atoms with Gasteiger partial charge in [0, 0.05) is 23.6 Å². The summed E-state index contributed by atoms with van der Waals surface area (Å²) in [5, 5.41) is 9.14. The fourth-order valence-corrected chi connectivity index (χ4v) is 2.14. The number of carbonyl (C=O) groups is 2. The van der Waals surface area contributed by atoms with Crippen molar-refractivity contribution in [3.63, 3.8) is 0 Å². The van der Waals surface area contributed by atoms with Crippen LogP contribution in [0.3, 0.4) is 0 Å². The smallest absolute Gasteiger partial charge is 0.254 e. The Morgan fingerprint density at radius 1 is 1.12 bits per heavy atom. The number of nitrogens with zero attached hydrogens (tertiary/aromatic N) is 2. The fourth-order valence-electron chi connectivity index (χ4n) is 2.14. The number of rotatable bonds is 8. The number of amides is 2. The molecule has 0 unspecified atom stereocenters. The first kappa shape index (κ1) is 16.5. The van der Waals surface area contributed by atoms with Crippen molar-refractivity contribution in [1.29, 1.82) is 0 Å². The summed E-state index contributed by atoms with van der Waals surface area (Å²) in [6.45, 7) is 0.0701. The lowest BCUT2D eigenvalue weighted by Gasteiger charge is -2.11. The van der Waals surface area contributed by atoms with Crippen LogP contribution >= 0.6 is 0 Å². The van der Waals surface area contributed by atoms with E-state index in [4.69, 9.17) is 11.5 Å². The van der Waals surface area contributed by atoms with Crippen LogP contribution in [0.4, 0.5) is 23.1 Å². The molecule has 0 radical (unpaired) electrons. The van der Waals surface area contributed by atoms with E-state index in [0.29, 0.717) is 17.8 Å². The van der Waals surface area contributed by atoms with Gasteiger partial charge in [-0.2, -0.15) is 4.98 Å². The van der Waals surface area contributed by atoms with E-state index in [9.17, 15) is 9.59 Å². The molecule has 25 heavy (non-hydrogen) atoms. The monoisotopic (exact) mass is 341 g/mol. The largest absolute Gasteiger partial charge is 0.376 e. The highest BCUT2D eigenvalue weighted by Gasteiger charge is 2.24. The molecule has 2 amide bonds. The van der Waals surface area contributed by atoms with E-state index in [1.165, 1.54) is 6.20 Å². The Balaban J connectivity index is 1.71. The van der Waals surface area contributed by atoms with Gasteiger partial charge in [0.2, 0.25) is 11.9 Å². The van der Waals surface area contributed by atoms with Crippen LogP contribution in [-0.2, 0) is 4.79 Å². The molecule has 1 aromatic carbocycles. The van der Waals surface area contributed by atoms with Gasteiger partial charge in [-0.15, -0.1) is 0 Å². The molecule has 9 heteroatoms. The van der Waals surface area contributed by atoms with Crippen LogP contribution in [0.25, 0.3) is 0 Å². The van der Waals surface area contributed by atoms with E-state index >= 15 is 0 Å². The molecule has 0 atom stereocenters. The Labute approximate surface area is 144 Å². The van der Waals surface area contributed by atoms with Crippen LogP contribution in [0, 0.1) is 0 Å². The van der Waals surface area contributed by atoms with Crippen molar-refractivity contribution in [1.82, 2.24) is 9.97 Å². The molecular weight excluding hydrogens is 322 g/mol. The van der Waals surface area contributed by atoms with Gasteiger partial charge in [-0.1, -0.05) is 0 Å². The first-order valence-electron chi connectivity index (χ1n) is 7.84. The van der Waals surface area contributed by atoms with Gasteiger partial charge in [-0.25, -0.2) is 4.98 Å². The molecule has 1 aromatic heterocycles. The highest BCUT2D eigenvalue weighted by molar-refractivity contribution is 5.97. The summed E-state index contributed by atoms with van der Waals surface area (Å²) in [5.41, 5.74) is 12.2. The number of benzene rings is 1. The fraction of sp³-hybridized carbons (Fsp3) is 0.250. The molecule has 1 fully saturated rings. The van der Waals surface area contributed by atoms with Gasteiger partial charge < -0.3 is 27.4 Å². The van der Waals surface area contributed by atoms with Crippen molar-refractivity contribution < 1.29 is 9.59 Å². The van der Waals surface area contributed by atoms with Crippen LogP contribution in [-0.4, -0.2) is 34.4 Å². The van der Waals surface area contributed by atoms with E-state index in [1.807, 2.05) is 12.1 Å². The number of nitrogens with two attached hydrogens (primary N) is 2. The maximum Gasteiger partial charge on any atom is 0.254 e. The van der Waals surface area contributed by atoms with E-state index in [0.717, 1.165) is 24.2 Å². The number of hydrogen-bond donors (Lipinski definition) is 5. The number of nitrogens with one attached hydrogen (secondary N) is 3. The summed E-state index contributed by atoms with van der Waals surface area (Å²) in [4.78, 5) is 30.7. The summed E-state index contributed by atoms with van der Waals surface area (Å²) in [7, 11) is 0. The van der Waals surface area contributed by atoms with Gasteiger partial charge in [0.05, 0.1) is 12.1 Å². The minimum absolute atomic E-state index is 0.0701. The van der Waals surface area contributed by atoms with Crippen LogP contribution in [0.2, 0.25) is 0 Å². The van der Waals surface area contributed by atoms with Gasteiger partial charge in [-0.3, -0.25) is 9.59 Å². The average Bonchev–Trinajstić information content (AvgIpc) is 3.38. The molecule has 0 saturated heterocycles. The molecule has 7 N–H and O–H groups in total. The van der Waals surface area contributed by atoms with Crippen molar-refractivity contribution in [2.75, 3.05) is 22.5 Å². The van der Waals surface area contributed by atoms with Crippen LogP contribution in [0.1, 0.15) is 23.2 Å². The second-order valence-electron chi connectivity index (χ2n) is 5.76. The second-order valence-corrected chi connectivity index (χ2v) is 5.76. The molecule has 1 aliphatic rings. The van der Waals surface area contributed by atoms with Gasteiger partial charge >= 0.3 is 0 Å². The maximum atomic E-state index is 11.5. The molecule has 1 aliphatic carbocycles. The predicted molar refractivity (Wildman–Crippen MR) is 94.6 cm³/mol. The molecule has 3 rings (SSSR count). The molecule has 0 aliphatic heterocycles. The zero-order valence-electron chi connectivity index (χ0n) is 13.5. The van der Waals surface area contributed by atoms with Crippen molar-refractivity contribution in [2.24, 2.45) is 11.5 Å². The zero-order chi connectivity index (χ0) is 17.8. The molecule has 1 saturated carbocycles. The van der Waals surface area contributed by atoms with Crippen molar-refractivity contribution >= 4 is 35.0 Å². The van der Waals surface area contributed by atoms with Crippen molar-refractivity contribution in [3.8, 4) is 0 Å². The maximum absolute atomic E-state index is 11.5. The normalized spacial score (nSPS) is 13.1. The van der Waals surface area contributed by atoms with E-state index in [2.05, 4.69) is 25.9 Å². The van der Waals surface area contributed by atoms with Crippen molar-refractivity contribution in [2.45, 2.75) is 18.9 Å². The summed E-state index contributed by atoms with van der Waals surface area (Å²) in [5.74, 6) is -0.210. The SMILES string of the molecule is NC(=O)CNc1ccc(Nc2ncc(C(N)=O)c(NC3CC3)n2)cc1. The topological polar surface area (TPSA) is 148 Å². The molecule has 1 heterocycles. The minimum Gasteiger partial charge on any atom is -0.376 e. The van der Waals surface area contributed by atoms with Crippen LogP contribution in [0.5, 0.6) is 0 Å². The zero-order valence-corrected chi connectivity index (χ0v) is 13.5.